The van der Waals surface area contributed by atoms with E-state index in [9.17, 15) is 4.79 Å². The van der Waals surface area contributed by atoms with Gasteiger partial charge in [0.15, 0.2) is 5.11 Å². The van der Waals surface area contributed by atoms with E-state index in [4.69, 9.17) is 26.4 Å². The number of hydrogen-bond donors (Lipinski definition) is 2. The fraction of sp³-hybridized carbons (Fsp3) is 0.333. The van der Waals surface area contributed by atoms with Crippen molar-refractivity contribution in [2.45, 2.75) is 20.3 Å². The highest BCUT2D eigenvalue weighted by molar-refractivity contribution is 7.80. The molecule has 140 valence electrons. The number of rotatable bonds is 6. The summed E-state index contributed by atoms with van der Waals surface area (Å²) in [4.78, 5) is 13.2. The van der Waals surface area contributed by atoms with Crippen molar-refractivity contribution < 1.29 is 19.0 Å². The van der Waals surface area contributed by atoms with Gasteiger partial charge in [-0.25, -0.2) is 4.79 Å². The van der Waals surface area contributed by atoms with Crippen LogP contribution in [0, 0.1) is 6.92 Å². The summed E-state index contributed by atoms with van der Waals surface area (Å²) in [5, 5.41) is 7.18. The SMILES string of the molecule is CCc1c(C)sc(NC(=S)Nc2cc(OC)ccc2OC)c1C(=O)OC. The van der Waals surface area contributed by atoms with Crippen LogP contribution in [0.25, 0.3) is 0 Å². The molecular formula is C18H22N2O4S2. The van der Waals surface area contributed by atoms with Gasteiger partial charge in [-0.1, -0.05) is 6.92 Å². The number of aryl methyl sites for hydroxylation is 1. The van der Waals surface area contributed by atoms with Crippen LogP contribution in [0.3, 0.4) is 0 Å². The molecule has 2 aromatic rings. The third-order valence-corrected chi connectivity index (χ3v) is 5.10. The molecule has 0 aliphatic rings. The number of nitrogens with one attached hydrogen (secondary N) is 2. The summed E-state index contributed by atoms with van der Waals surface area (Å²) in [6.07, 6.45) is 0.734. The van der Waals surface area contributed by atoms with Crippen LogP contribution in [-0.2, 0) is 11.2 Å². The lowest BCUT2D eigenvalue weighted by Crippen LogP contribution is -2.20. The number of ether oxygens (including phenoxy) is 3. The topological polar surface area (TPSA) is 68.8 Å². The molecule has 0 aliphatic carbocycles. The van der Waals surface area contributed by atoms with Crippen molar-refractivity contribution >= 4 is 45.3 Å². The van der Waals surface area contributed by atoms with Crippen LogP contribution in [0.1, 0.15) is 27.7 Å². The van der Waals surface area contributed by atoms with E-state index >= 15 is 0 Å². The van der Waals surface area contributed by atoms with E-state index in [0.717, 1.165) is 16.9 Å². The van der Waals surface area contributed by atoms with E-state index in [0.29, 0.717) is 32.9 Å². The smallest absolute Gasteiger partial charge is 0.341 e. The van der Waals surface area contributed by atoms with Crippen LogP contribution < -0.4 is 20.1 Å². The van der Waals surface area contributed by atoms with Crippen molar-refractivity contribution in [1.29, 1.82) is 0 Å². The van der Waals surface area contributed by atoms with Gasteiger partial charge in [0.2, 0.25) is 0 Å². The summed E-state index contributed by atoms with van der Waals surface area (Å²) >= 11 is 6.88. The number of anilines is 2. The standard InChI is InChI=1S/C18H22N2O4S2/c1-6-12-10(2)26-16(15(12)17(21)24-5)20-18(25)19-13-9-11(22-3)7-8-14(13)23-4/h7-9H,6H2,1-5H3,(H2,19,20,25). The normalized spacial score (nSPS) is 10.2. The molecule has 0 bridgehead atoms. The van der Waals surface area contributed by atoms with Gasteiger partial charge >= 0.3 is 5.97 Å². The molecule has 0 atom stereocenters. The van der Waals surface area contributed by atoms with Gasteiger partial charge in [-0.05, 0) is 43.3 Å². The predicted octanol–water partition coefficient (Wildman–Crippen LogP) is 4.23. The number of thiocarbonyl (C=S) groups is 1. The van der Waals surface area contributed by atoms with Gasteiger partial charge in [0.25, 0.3) is 0 Å². The number of carbonyl (C=O) groups is 1. The molecule has 0 fully saturated rings. The molecule has 0 amide bonds. The Kier molecular flexibility index (Phi) is 6.82. The molecule has 26 heavy (non-hydrogen) atoms. The van der Waals surface area contributed by atoms with Gasteiger partial charge in [0.1, 0.15) is 16.5 Å². The lowest BCUT2D eigenvalue weighted by Gasteiger charge is -2.14. The average molecular weight is 395 g/mol. The number of carbonyl (C=O) groups excluding carboxylic acids is 1. The minimum absolute atomic E-state index is 0.339. The molecule has 0 radical (unpaired) electrons. The zero-order valence-electron chi connectivity index (χ0n) is 15.4. The Morgan fingerprint density at radius 3 is 2.50 bits per heavy atom. The van der Waals surface area contributed by atoms with Crippen molar-refractivity contribution in [3.8, 4) is 11.5 Å². The van der Waals surface area contributed by atoms with Crippen LogP contribution in [0.5, 0.6) is 11.5 Å². The summed E-state index contributed by atoms with van der Waals surface area (Å²) in [5.74, 6) is 0.918. The highest BCUT2D eigenvalue weighted by Gasteiger charge is 2.22. The van der Waals surface area contributed by atoms with E-state index in [-0.39, 0.29) is 5.97 Å². The maximum Gasteiger partial charge on any atom is 0.341 e. The molecule has 1 aromatic heterocycles. The number of benzene rings is 1. The molecule has 8 heteroatoms. The quantitative estimate of drug-likeness (QED) is 0.561. The summed E-state index contributed by atoms with van der Waals surface area (Å²) in [6.45, 7) is 3.98. The molecule has 0 aliphatic heterocycles. The van der Waals surface area contributed by atoms with Crippen molar-refractivity contribution in [2.24, 2.45) is 0 Å². The fourth-order valence-corrected chi connectivity index (χ4v) is 3.99. The van der Waals surface area contributed by atoms with Gasteiger partial charge < -0.3 is 24.8 Å². The Morgan fingerprint density at radius 1 is 1.19 bits per heavy atom. The van der Waals surface area contributed by atoms with E-state index in [1.807, 2.05) is 13.8 Å². The van der Waals surface area contributed by atoms with Crippen LogP contribution in [-0.4, -0.2) is 32.4 Å². The monoisotopic (exact) mass is 394 g/mol. The summed E-state index contributed by atoms with van der Waals surface area (Å²) < 4.78 is 15.5. The number of thiophene rings is 1. The Labute approximate surface area is 162 Å². The van der Waals surface area contributed by atoms with Gasteiger partial charge in [-0.2, -0.15) is 0 Å². The van der Waals surface area contributed by atoms with E-state index in [1.54, 1.807) is 32.4 Å². The van der Waals surface area contributed by atoms with E-state index in [2.05, 4.69) is 10.6 Å². The first-order chi connectivity index (χ1) is 12.4. The third-order valence-electron chi connectivity index (χ3n) is 3.83. The molecule has 0 saturated carbocycles. The second-order valence-electron chi connectivity index (χ2n) is 5.33. The van der Waals surface area contributed by atoms with Gasteiger partial charge in [-0.3, -0.25) is 0 Å². The van der Waals surface area contributed by atoms with Crippen LogP contribution in [0.2, 0.25) is 0 Å². The molecule has 6 nitrogen and oxygen atoms in total. The summed E-state index contributed by atoms with van der Waals surface area (Å²) in [5.41, 5.74) is 2.15. The van der Waals surface area contributed by atoms with Crippen LogP contribution in [0.15, 0.2) is 18.2 Å². The first kappa shape index (κ1) is 20.0. The fourth-order valence-electron chi connectivity index (χ4n) is 2.58. The Balaban J connectivity index is 2.27. The highest BCUT2D eigenvalue weighted by atomic mass is 32.1. The molecule has 0 unspecified atom stereocenters. The number of hydrogen-bond acceptors (Lipinski definition) is 6. The van der Waals surface area contributed by atoms with Crippen molar-refractivity contribution in [3.63, 3.8) is 0 Å². The second-order valence-corrected chi connectivity index (χ2v) is 6.96. The minimum Gasteiger partial charge on any atom is -0.497 e. The average Bonchev–Trinajstić information content (AvgIpc) is 2.95. The highest BCUT2D eigenvalue weighted by Crippen LogP contribution is 2.34. The Hall–Kier alpha value is -2.32. The largest absolute Gasteiger partial charge is 0.497 e. The molecule has 2 rings (SSSR count). The van der Waals surface area contributed by atoms with Gasteiger partial charge in [0.05, 0.1) is 32.6 Å². The van der Waals surface area contributed by atoms with Crippen LogP contribution >= 0.6 is 23.6 Å². The van der Waals surface area contributed by atoms with Crippen molar-refractivity contribution in [3.05, 3.63) is 34.2 Å². The Bertz CT molecular complexity index is 818. The van der Waals surface area contributed by atoms with Crippen molar-refractivity contribution in [1.82, 2.24) is 0 Å². The molecule has 1 heterocycles. The third kappa shape index (κ3) is 4.25. The number of esters is 1. The summed E-state index contributed by atoms with van der Waals surface area (Å²) in [6, 6.07) is 5.37. The zero-order valence-corrected chi connectivity index (χ0v) is 17.0. The van der Waals surface area contributed by atoms with Crippen molar-refractivity contribution in [2.75, 3.05) is 32.0 Å². The number of methoxy groups -OCH3 is 3. The molecule has 1 aromatic carbocycles. The lowest BCUT2D eigenvalue weighted by molar-refractivity contribution is 0.0601. The van der Waals surface area contributed by atoms with E-state index in [1.165, 1.54) is 18.4 Å². The molecular weight excluding hydrogens is 372 g/mol. The Morgan fingerprint density at radius 2 is 1.92 bits per heavy atom. The first-order valence-corrected chi connectivity index (χ1v) is 9.18. The predicted molar refractivity (Wildman–Crippen MR) is 109 cm³/mol. The molecule has 2 N–H and O–H groups in total. The maximum absolute atomic E-state index is 12.2. The first-order valence-electron chi connectivity index (χ1n) is 7.95. The van der Waals surface area contributed by atoms with Gasteiger partial charge in [-0.15, -0.1) is 11.3 Å². The zero-order chi connectivity index (χ0) is 19.3. The maximum atomic E-state index is 12.2. The minimum atomic E-state index is -0.379. The van der Waals surface area contributed by atoms with Gasteiger partial charge in [0, 0.05) is 10.9 Å². The van der Waals surface area contributed by atoms with E-state index < -0.39 is 0 Å². The van der Waals surface area contributed by atoms with Crippen LogP contribution in [0.4, 0.5) is 10.7 Å². The summed E-state index contributed by atoms with van der Waals surface area (Å²) in [7, 11) is 4.54. The molecule has 0 saturated heterocycles. The second kappa shape index (κ2) is 8.86. The molecule has 0 spiro atoms. The lowest BCUT2D eigenvalue weighted by atomic mass is 10.1.